The highest BCUT2D eigenvalue weighted by atomic mass is 127. The normalized spacial score (nSPS) is 15.3. The van der Waals surface area contributed by atoms with Crippen LogP contribution in [-0.4, -0.2) is 22.6 Å². The Morgan fingerprint density at radius 1 is 1.67 bits per heavy atom. The van der Waals surface area contributed by atoms with Gasteiger partial charge in [-0.15, -0.1) is 0 Å². The van der Waals surface area contributed by atoms with Crippen molar-refractivity contribution in [2.24, 2.45) is 0 Å². The van der Waals surface area contributed by atoms with Crippen molar-refractivity contribution in [3.05, 3.63) is 20.3 Å². The van der Waals surface area contributed by atoms with Gasteiger partial charge < -0.3 is 9.88 Å². The van der Waals surface area contributed by atoms with Crippen LogP contribution in [0, 0.1) is 3.57 Å². The number of aromatic nitrogens is 2. The van der Waals surface area contributed by atoms with Crippen molar-refractivity contribution in [2.75, 3.05) is 11.4 Å². The molecule has 0 aliphatic heterocycles. The number of nitrogens with zero attached hydrogens (tertiary/aromatic N) is 2. The zero-order valence-electron chi connectivity index (χ0n) is 8.66. The first kappa shape index (κ1) is 10.9. The summed E-state index contributed by atoms with van der Waals surface area (Å²) in [6.45, 7) is 3.13. The van der Waals surface area contributed by atoms with E-state index in [1.54, 1.807) is 0 Å². The third-order valence-corrected chi connectivity index (χ3v) is 3.47. The average Bonchev–Trinajstić information content (AvgIpc) is 3.03. The summed E-state index contributed by atoms with van der Waals surface area (Å²) < 4.78 is 0.704. The molecule has 0 spiro atoms. The van der Waals surface area contributed by atoms with Crippen LogP contribution in [0.5, 0.6) is 0 Å². The Labute approximate surface area is 102 Å². The van der Waals surface area contributed by atoms with E-state index < -0.39 is 0 Å². The van der Waals surface area contributed by atoms with E-state index >= 15 is 0 Å². The van der Waals surface area contributed by atoms with Gasteiger partial charge in [0.2, 0.25) is 0 Å². The van der Waals surface area contributed by atoms with Gasteiger partial charge in [-0.05, 0) is 41.9 Å². The predicted octanol–water partition coefficient (Wildman–Crippen LogP) is 1.75. The Morgan fingerprint density at radius 2 is 2.40 bits per heavy atom. The SMILES string of the molecule is CCCN(c1nc[nH]c(=O)c1I)C1CC1. The molecule has 1 aromatic rings. The maximum Gasteiger partial charge on any atom is 0.266 e. The van der Waals surface area contributed by atoms with Crippen LogP contribution in [0.4, 0.5) is 5.82 Å². The van der Waals surface area contributed by atoms with E-state index in [2.05, 4.69) is 44.4 Å². The summed E-state index contributed by atoms with van der Waals surface area (Å²) in [6.07, 6.45) is 5.03. The molecule has 0 amide bonds. The quantitative estimate of drug-likeness (QED) is 0.860. The van der Waals surface area contributed by atoms with Crippen molar-refractivity contribution >= 4 is 28.4 Å². The van der Waals surface area contributed by atoms with Crippen LogP contribution in [0.3, 0.4) is 0 Å². The van der Waals surface area contributed by atoms with Crippen LogP contribution in [0.25, 0.3) is 0 Å². The lowest BCUT2D eigenvalue weighted by Gasteiger charge is -2.23. The number of halogens is 1. The maximum atomic E-state index is 11.5. The Bertz CT molecular complexity index is 400. The second-order valence-corrected chi connectivity index (χ2v) is 4.87. The number of hydrogen-bond donors (Lipinski definition) is 1. The first-order valence-corrected chi connectivity index (χ1v) is 6.31. The Kier molecular flexibility index (Phi) is 3.28. The van der Waals surface area contributed by atoms with Gasteiger partial charge in [-0.1, -0.05) is 6.92 Å². The number of aromatic amines is 1. The monoisotopic (exact) mass is 319 g/mol. The zero-order valence-corrected chi connectivity index (χ0v) is 10.8. The fourth-order valence-corrected chi connectivity index (χ4v) is 2.27. The number of hydrogen-bond acceptors (Lipinski definition) is 3. The first-order valence-electron chi connectivity index (χ1n) is 5.24. The van der Waals surface area contributed by atoms with E-state index in [0.29, 0.717) is 9.61 Å². The Morgan fingerprint density at radius 3 is 3.00 bits per heavy atom. The van der Waals surface area contributed by atoms with Gasteiger partial charge in [0.1, 0.15) is 9.39 Å². The van der Waals surface area contributed by atoms with Crippen molar-refractivity contribution in [2.45, 2.75) is 32.2 Å². The topological polar surface area (TPSA) is 49.0 Å². The lowest BCUT2D eigenvalue weighted by molar-refractivity contribution is 0.744. The maximum absolute atomic E-state index is 11.5. The molecule has 4 nitrogen and oxygen atoms in total. The molecule has 1 N–H and O–H groups in total. The molecule has 1 heterocycles. The minimum absolute atomic E-state index is 0.0395. The standard InChI is InChI=1S/C10H14IN3O/c1-2-5-14(7-3-4-7)9-8(11)10(15)13-6-12-9/h6-7H,2-5H2,1H3,(H,12,13,15). The van der Waals surface area contributed by atoms with E-state index in [-0.39, 0.29) is 5.56 Å². The third kappa shape index (κ3) is 2.32. The summed E-state index contributed by atoms with van der Waals surface area (Å²) in [5.74, 6) is 0.851. The molecule has 5 heteroatoms. The Hall–Kier alpha value is -0.590. The van der Waals surface area contributed by atoms with E-state index in [9.17, 15) is 4.79 Å². The summed E-state index contributed by atoms with van der Waals surface area (Å²) in [7, 11) is 0. The van der Waals surface area contributed by atoms with Gasteiger partial charge in [-0.25, -0.2) is 4.98 Å². The molecule has 1 aliphatic rings. The molecule has 0 atom stereocenters. The molecule has 0 bridgehead atoms. The van der Waals surface area contributed by atoms with Crippen LogP contribution in [0.2, 0.25) is 0 Å². The van der Waals surface area contributed by atoms with Crippen LogP contribution in [0.1, 0.15) is 26.2 Å². The summed E-state index contributed by atoms with van der Waals surface area (Å²) in [5, 5.41) is 0. The first-order chi connectivity index (χ1) is 7.24. The van der Waals surface area contributed by atoms with Crippen molar-refractivity contribution in [1.82, 2.24) is 9.97 Å². The molecule has 0 unspecified atom stereocenters. The van der Waals surface area contributed by atoms with Gasteiger partial charge in [-0.3, -0.25) is 4.79 Å². The average molecular weight is 319 g/mol. The molecule has 1 saturated carbocycles. The highest BCUT2D eigenvalue weighted by Crippen LogP contribution is 2.31. The summed E-state index contributed by atoms with van der Waals surface area (Å²) >= 11 is 2.07. The van der Waals surface area contributed by atoms with Gasteiger partial charge >= 0.3 is 0 Å². The lowest BCUT2D eigenvalue weighted by atomic mass is 10.4. The van der Waals surface area contributed by atoms with E-state index in [1.807, 2.05) is 0 Å². The third-order valence-electron chi connectivity index (χ3n) is 2.50. The molecular formula is C10H14IN3O. The summed E-state index contributed by atoms with van der Waals surface area (Å²) in [6, 6.07) is 0.604. The summed E-state index contributed by atoms with van der Waals surface area (Å²) in [4.78, 5) is 20.6. The number of anilines is 1. The van der Waals surface area contributed by atoms with Crippen molar-refractivity contribution in [1.29, 1.82) is 0 Å². The molecule has 82 valence electrons. The minimum Gasteiger partial charge on any atom is -0.353 e. The molecule has 1 fully saturated rings. The highest BCUT2D eigenvalue weighted by molar-refractivity contribution is 14.1. The van der Waals surface area contributed by atoms with Gasteiger partial charge in [0, 0.05) is 12.6 Å². The van der Waals surface area contributed by atoms with Gasteiger partial charge in [-0.2, -0.15) is 0 Å². The molecule has 1 aromatic heterocycles. The zero-order chi connectivity index (χ0) is 10.8. The van der Waals surface area contributed by atoms with E-state index in [4.69, 9.17) is 0 Å². The van der Waals surface area contributed by atoms with E-state index in [1.165, 1.54) is 19.2 Å². The van der Waals surface area contributed by atoms with Crippen LogP contribution in [0.15, 0.2) is 11.1 Å². The number of nitrogens with one attached hydrogen (secondary N) is 1. The number of rotatable bonds is 4. The second-order valence-electron chi connectivity index (χ2n) is 3.79. The Balaban J connectivity index is 2.32. The number of H-pyrrole nitrogens is 1. The molecule has 2 rings (SSSR count). The van der Waals surface area contributed by atoms with Crippen molar-refractivity contribution < 1.29 is 0 Å². The van der Waals surface area contributed by atoms with Gasteiger partial charge in [0.15, 0.2) is 0 Å². The van der Waals surface area contributed by atoms with Gasteiger partial charge in [0.25, 0.3) is 5.56 Å². The molecule has 0 saturated heterocycles. The highest BCUT2D eigenvalue weighted by Gasteiger charge is 2.30. The van der Waals surface area contributed by atoms with Crippen LogP contribution < -0.4 is 10.5 Å². The van der Waals surface area contributed by atoms with Gasteiger partial charge in [0.05, 0.1) is 6.33 Å². The fourth-order valence-electron chi connectivity index (χ4n) is 1.66. The van der Waals surface area contributed by atoms with Crippen LogP contribution in [-0.2, 0) is 0 Å². The molecular weight excluding hydrogens is 305 g/mol. The molecule has 0 radical (unpaired) electrons. The smallest absolute Gasteiger partial charge is 0.266 e. The lowest BCUT2D eigenvalue weighted by Crippen LogP contribution is -2.30. The predicted molar refractivity (Wildman–Crippen MR) is 68.2 cm³/mol. The molecule has 0 aromatic carbocycles. The minimum atomic E-state index is -0.0395. The van der Waals surface area contributed by atoms with Crippen molar-refractivity contribution in [3.8, 4) is 0 Å². The largest absolute Gasteiger partial charge is 0.353 e. The molecule has 1 aliphatic carbocycles. The van der Waals surface area contributed by atoms with Crippen LogP contribution >= 0.6 is 22.6 Å². The van der Waals surface area contributed by atoms with Crippen molar-refractivity contribution in [3.63, 3.8) is 0 Å². The fraction of sp³-hybridized carbons (Fsp3) is 0.600. The molecule has 15 heavy (non-hydrogen) atoms. The van der Waals surface area contributed by atoms with E-state index in [0.717, 1.165) is 18.8 Å². The second kappa shape index (κ2) is 4.51. The summed E-state index contributed by atoms with van der Waals surface area (Å²) in [5.41, 5.74) is -0.0395.